The molecule has 0 aliphatic heterocycles. The molecule has 0 aromatic heterocycles. The molecule has 120 valence electrons. The van der Waals surface area contributed by atoms with Gasteiger partial charge in [-0.15, -0.1) is 0 Å². The molecule has 0 radical (unpaired) electrons. The van der Waals surface area contributed by atoms with Crippen LogP contribution >= 0.6 is 0 Å². The molecule has 0 aliphatic rings. The molecule has 0 spiro atoms. The van der Waals surface area contributed by atoms with Crippen LogP contribution < -0.4 is 10.0 Å². The molecule has 1 aromatic rings. The highest BCUT2D eigenvalue weighted by Crippen LogP contribution is 2.18. The molecular weight excluding hydrogens is 288 g/mol. The molecule has 0 fully saturated rings. The standard InChI is InChI=1S/C15H26N2O3S/c1-6-20-15(3,4)11-17-21(18,19)14-9-13(10-16-5)8-7-12(14)2/h7-9,16-17H,6,10-11H2,1-5H3. The first-order chi connectivity index (χ1) is 9.72. The predicted molar refractivity (Wildman–Crippen MR) is 84.8 cm³/mol. The van der Waals surface area contributed by atoms with Crippen LogP contribution in [0.4, 0.5) is 0 Å². The van der Waals surface area contributed by atoms with E-state index in [1.54, 1.807) is 13.0 Å². The van der Waals surface area contributed by atoms with Crippen molar-refractivity contribution in [3.05, 3.63) is 29.3 Å². The fraction of sp³-hybridized carbons (Fsp3) is 0.600. The molecule has 0 saturated heterocycles. The second-order valence-electron chi connectivity index (χ2n) is 5.65. The molecule has 0 saturated carbocycles. The normalized spacial score (nSPS) is 12.6. The summed E-state index contributed by atoms with van der Waals surface area (Å²) in [4.78, 5) is 0.322. The van der Waals surface area contributed by atoms with Crippen LogP contribution in [-0.2, 0) is 21.3 Å². The third-order valence-electron chi connectivity index (χ3n) is 3.15. The first-order valence-electron chi connectivity index (χ1n) is 7.09. The Labute approximate surface area is 128 Å². The fourth-order valence-electron chi connectivity index (χ4n) is 2.04. The average molecular weight is 314 g/mol. The Morgan fingerprint density at radius 3 is 2.52 bits per heavy atom. The Morgan fingerprint density at radius 1 is 1.29 bits per heavy atom. The minimum atomic E-state index is -3.54. The van der Waals surface area contributed by atoms with Crippen LogP contribution in [0.2, 0.25) is 0 Å². The van der Waals surface area contributed by atoms with Crippen LogP contribution in [0.3, 0.4) is 0 Å². The van der Waals surface area contributed by atoms with E-state index in [1.807, 2.05) is 40.0 Å². The summed E-state index contributed by atoms with van der Waals surface area (Å²) in [6.45, 7) is 8.83. The second kappa shape index (κ2) is 7.35. The third-order valence-corrected chi connectivity index (χ3v) is 4.69. The van der Waals surface area contributed by atoms with Gasteiger partial charge in [0.25, 0.3) is 0 Å². The summed E-state index contributed by atoms with van der Waals surface area (Å²) in [7, 11) is -1.71. The van der Waals surface area contributed by atoms with Crippen LogP contribution in [0.15, 0.2) is 23.1 Å². The van der Waals surface area contributed by atoms with Crippen LogP contribution in [0, 0.1) is 6.92 Å². The van der Waals surface area contributed by atoms with E-state index >= 15 is 0 Å². The summed E-state index contributed by atoms with van der Waals surface area (Å²) in [5.74, 6) is 0. The van der Waals surface area contributed by atoms with E-state index in [2.05, 4.69) is 10.0 Å². The van der Waals surface area contributed by atoms with E-state index < -0.39 is 15.6 Å². The highest BCUT2D eigenvalue weighted by atomic mass is 32.2. The molecule has 5 nitrogen and oxygen atoms in total. The topological polar surface area (TPSA) is 67.4 Å². The molecule has 6 heteroatoms. The lowest BCUT2D eigenvalue weighted by Gasteiger charge is -2.25. The Bertz CT molecular complexity index is 568. The Morgan fingerprint density at radius 2 is 1.95 bits per heavy atom. The molecule has 2 N–H and O–H groups in total. The third kappa shape index (κ3) is 5.39. The van der Waals surface area contributed by atoms with Gasteiger partial charge in [-0.1, -0.05) is 12.1 Å². The molecule has 0 amide bonds. The summed E-state index contributed by atoms with van der Waals surface area (Å²) < 4.78 is 33.1. The van der Waals surface area contributed by atoms with E-state index in [4.69, 9.17) is 4.74 Å². The first-order valence-corrected chi connectivity index (χ1v) is 8.58. The smallest absolute Gasteiger partial charge is 0.240 e. The average Bonchev–Trinajstić information content (AvgIpc) is 2.39. The maximum absolute atomic E-state index is 12.5. The number of ether oxygens (including phenoxy) is 1. The summed E-state index contributed by atoms with van der Waals surface area (Å²) in [5, 5.41) is 3.02. The van der Waals surface area contributed by atoms with Gasteiger partial charge in [-0.2, -0.15) is 0 Å². The zero-order chi connectivity index (χ0) is 16.1. The van der Waals surface area contributed by atoms with E-state index in [-0.39, 0.29) is 6.54 Å². The van der Waals surface area contributed by atoms with Crippen molar-refractivity contribution in [3.63, 3.8) is 0 Å². The minimum Gasteiger partial charge on any atom is -0.375 e. The summed E-state index contributed by atoms with van der Waals surface area (Å²) in [6, 6.07) is 5.46. The van der Waals surface area contributed by atoms with Crippen molar-refractivity contribution in [1.29, 1.82) is 0 Å². The Kier molecular flexibility index (Phi) is 6.34. The number of benzene rings is 1. The van der Waals surface area contributed by atoms with Crippen LogP contribution in [0.5, 0.6) is 0 Å². The monoisotopic (exact) mass is 314 g/mol. The number of nitrogens with one attached hydrogen (secondary N) is 2. The highest BCUT2D eigenvalue weighted by Gasteiger charge is 2.23. The zero-order valence-corrected chi connectivity index (χ0v) is 14.3. The molecule has 0 atom stereocenters. The number of rotatable bonds is 8. The van der Waals surface area contributed by atoms with Gasteiger partial charge >= 0.3 is 0 Å². The fourth-order valence-corrected chi connectivity index (χ4v) is 3.53. The predicted octanol–water partition coefficient (Wildman–Crippen LogP) is 1.81. The SMILES string of the molecule is CCOC(C)(C)CNS(=O)(=O)c1cc(CNC)ccc1C. The molecule has 1 aromatic carbocycles. The van der Waals surface area contributed by atoms with E-state index in [0.717, 1.165) is 11.1 Å². The quantitative estimate of drug-likeness (QED) is 0.768. The maximum Gasteiger partial charge on any atom is 0.240 e. The van der Waals surface area contributed by atoms with Crippen molar-refractivity contribution >= 4 is 10.0 Å². The van der Waals surface area contributed by atoms with Crippen molar-refractivity contribution in [3.8, 4) is 0 Å². The molecule has 0 aliphatic carbocycles. The van der Waals surface area contributed by atoms with Gasteiger partial charge in [0.1, 0.15) is 0 Å². The number of hydrogen-bond acceptors (Lipinski definition) is 4. The van der Waals surface area contributed by atoms with Crippen LogP contribution in [0.1, 0.15) is 31.9 Å². The van der Waals surface area contributed by atoms with Gasteiger partial charge in [-0.25, -0.2) is 13.1 Å². The molecule has 1 rings (SSSR count). The Balaban J connectivity index is 2.94. The molecule has 0 bridgehead atoms. The van der Waals surface area contributed by atoms with E-state index in [1.165, 1.54) is 0 Å². The van der Waals surface area contributed by atoms with E-state index in [9.17, 15) is 8.42 Å². The van der Waals surface area contributed by atoms with Crippen LogP contribution in [-0.4, -0.2) is 34.2 Å². The van der Waals surface area contributed by atoms with Crippen molar-refractivity contribution in [1.82, 2.24) is 10.0 Å². The number of aryl methyl sites for hydroxylation is 1. The number of sulfonamides is 1. The molecular formula is C15H26N2O3S. The second-order valence-corrected chi connectivity index (χ2v) is 7.38. The lowest BCUT2D eigenvalue weighted by atomic mass is 10.1. The lowest BCUT2D eigenvalue weighted by Crippen LogP contribution is -2.40. The van der Waals surface area contributed by atoms with Gasteiger partial charge in [0.15, 0.2) is 0 Å². The van der Waals surface area contributed by atoms with Crippen molar-refractivity contribution in [2.75, 3.05) is 20.2 Å². The van der Waals surface area contributed by atoms with Gasteiger partial charge in [0, 0.05) is 19.7 Å². The van der Waals surface area contributed by atoms with Gasteiger partial charge in [0.2, 0.25) is 10.0 Å². The largest absolute Gasteiger partial charge is 0.375 e. The minimum absolute atomic E-state index is 0.235. The van der Waals surface area contributed by atoms with Gasteiger partial charge < -0.3 is 10.1 Å². The maximum atomic E-state index is 12.5. The zero-order valence-electron chi connectivity index (χ0n) is 13.5. The van der Waals surface area contributed by atoms with Gasteiger partial charge in [-0.3, -0.25) is 0 Å². The van der Waals surface area contributed by atoms with Gasteiger partial charge in [0.05, 0.1) is 10.5 Å². The summed E-state index contributed by atoms with van der Waals surface area (Å²) in [6.07, 6.45) is 0. The summed E-state index contributed by atoms with van der Waals surface area (Å²) in [5.41, 5.74) is 1.14. The van der Waals surface area contributed by atoms with Gasteiger partial charge in [-0.05, 0) is 51.9 Å². The lowest BCUT2D eigenvalue weighted by molar-refractivity contribution is -0.00515. The Hall–Kier alpha value is -0.950. The molecule has 0 unspecified atom stereocenters. The van der Waals surface area contributed by atoms with Crippen molar-refractivity contribution < 1.29 is 13.2 Å². The van der Waals surface area contributed by atoms with Crippen molar-refractivity contribution in [2.24, 2.45) is 0 Å². The van der Waals surface area contributed by atoms with Crippen LogP contribution in [0.25, 0.3) is 0 Å². The molecule has 21 heavy (non-hydrogen) atoms. The first kappa shape index (κ1) is 18.1. The van der Waals surface area contributed by atoms with E-state index in [0.29, 0.717) is 18.0 Å². The van der Waals surface area contributed by atoms with Crippen molar-refractivity contribution in [2.45, 2.75) is 44.7 Å². The summed E-state index contributed by atoms with van der Waals surface area (Å²) >= 11 is 0. The highest BCUT2D eigenvalue weighted by molar-refractivity contribution is 7.89. The molecule has 0 heterocycles. The number of hydrogen-bond donors (Lipinski definition) is 2.